The second kappa shape index (κ2) is 7.73. The Kier molecular flexibility index (Phi) is 5.15. The monoisotopic (exact) mass is 381 g/mol. The third kappa shape index (κ3) is 3.53. The fourth-order valence-corrected chi connectivity index (χ4v) is 4.49. The fraction of sp³-hybridized carbons (Fsp3) is 0.524. The van der Waals surface area contributed by atoms with Gasteiger partial charge in [0.05, 0.1) is 11.1 Å². The van der Waals surface area contributed by atoms with Crippen LogP contribution < -0.4 is 10.2 Å². The smallest absolute Gasteiger partial charge is 0.222 e. The van der Waals surface area contributed by atoms with Gasteiger partial charge in [-0.3, -0.25) is 9.59 Å². The van der Waals surface area contributed by atoms with Crippen molar-refractivity contribution >= 4 is 28.5 Å². The minimum absolute atomic E-state index is 0.0112. The highest BCUT2D eigenvalue weighted by molar-refractivity contribution is 5.90. The Bertz CT molecular complexity index is 881. The van der Waals surface area contributed by atoms with Crippen molar-refractivity contribution in [3.63, 3.8) is 0 Å². The molecule has 4 rings (SSSR count). The predicted octanol–water partition coefficient (Wildman–Crippen LogP) is 2.12. The van der Waals surface area contributed by atoms with E-state index >= 15 is 0 Å². The molecule has 1 N–H and O–H groups in total. The molecule has 1 atom stereocenters. The number of para-hydroxylation sites is 1. The maximum atomic E-state index is 12.7. The van der Waals surface area contributed by atoms with Gasteiger partial charge in [-0.15, -0.1) is 0 Å². The molecule has 1 aromatic heterocycles. The number of carbonyl (C=O) groups excluding carboxylic acids is 2. The number of nitrogens with zero attached hydrogens (tertiary/aromatic N) is 4. The maximum absolute atomic E-state index is 12.7. The highest BCUT2D eigenvalue weighted by Crippen LogP contribution is 2.43. The number of likely N-dealkylation sites (tertiary alicyclic amines) is 1. The molecule has 2 aliphatic heterocycles. The summed E-state index contributed by atoms with van der Waals surface area (Å²) in [5.41, 5.74) is 0.944. The van der Waals surface area contributed by atoms with E-state index in [9.17, 15) is 9.59 Å². The van der Waals surface area contributed by atoms with E-state index in [1.165, 1.54) is 6.92 Å². The van der Waals surface area contributed by atoms with Crippen molar-refractivity contribution in [3.05, 3.63) is 30.6 Å². The van der Waals surface area contributed by atoms with Gasteiger partial charge in [-0.05, 0) is 37.8 Å². The number of anilines is 1. The average Bonchev–Trinajstić information content (AvgIpc) is 2.70. The zero-order valence-electron chi connectivity index (χ0n) is 16.4. The van der Waals surface area contributed by atoms with E-state index in [4.69, 9.17) is 0 Å². The van der Waals surface area contributed by atoms with Gasteiger partial charge in [0.2, 0.25) is 11.8 Å². The summed E-state index contributed by atoms with van der Waals surface area (Å²) in [6, 6.07) is 8.10. The number of nitrogens with one attached hydrogen (secondary N) is 1. The summed E-state index contributed by atoms with van der Waals surface area (Å²) >= 11 is 0. The molecule has 2 aromatic rings. The van der Waals surface area contributed by atoms with Crippen LogP contribution in [0.15, 0.2) is 30.6 Å². The van der Waals surface area contributed by atoms with Crippen LogP contribution in [-0.2, 0) is 9.59 Å². The Morgan fingerprint density at radius 2 is 2.04 bits per heavy atom. The van der Waals surface area contributed by atoms with Gasteiger partial charge in [0.1, 0.15) is 12.1 Å². The van der Waals surface area contributed by atoms with Crippen LogP contribution in [0.4, 0.5) is 5.82 Å². The van der Waals surface area contributed by atoms with Crippen LogP contribution >= 0.6 is 0 Å². The first-order valence-electron chi connectivity index (χ1n) is 10.1. The number of aromatic nitrogens is 2. The topological polar surface area (TPSA) is 78.4 Å². The van der Waals surface area contributed by atoms with E-state index in [-0.39, 0.29) is 17.4 Å². The Hall–Kier alpha value is -2.70. The van der Waals surface area contributed by atoms with Crippen LogP contribution in [0.2, 0.25) is 0 Å². The minimum Gasteiger partial charge on any atom is -0.356 e. The quantitative estimate of drug-likeness (QED) is 0.803. The number of rotatable bonds is 5. The molecule has 2 aliphatic rings. The summed E-state index contributed by atoms with van der Waals surface area (Å²) in [5, 5.41) is 3.83. The summed E-state index contributed by atoms with van der Waals surface area (Å²) < 4.78 is 0. The van der Waals surface area contributed by atoms with E-state index in [1.54, 1.807) is 6.33 Å². The summed E-state index contributed by atoms with van der Waals surface area (Å²) in [4.78, 5) is 37.0. The lowest BCUT2D eigenvalue weighted by molar-refractivity contribution is -0.134. The third-order valence-electron chi connectivity index (χ3n) is 6.00. The molecular formula is C21H27N5O2. The van der Waals surface area contributed by atoms with Crippen LogP contribution in [-0.4, -0.2) is 58.4 Å². The SMILES string of the molecule is CC(=O)NCCCC(=O)N1CCCC2(CCN2c2ncnc3ccccc23)C1. The Labute approximate surface area is 165 Å². The number of fused-ring (bicyclic) bond motifs is 1. The molecule has 7 heteroatoms. The molecular weight excluding hydrogens is 354 g/mol. The third-order valence-corrected chi connectivity index (χ3v) is 6.00. The second-order valence-electron chi connectivity index (χ2n) is 7.85. The second-order valence-corrected chi connectivity index (χ2v) is 7.85. The predicted molar refractivity (Wildman–Crippen MR) is 108 cm³/mol. The normalized spacial score (nSPS) is 21.6. The number of hydrogen-bond acceptors (Lipinski definition) is 5. The summed E-state index contributed by atoms with van der Waals surface area (Å²) in [6.45, 7) is 4.59. The molecule has 0 bridgehead atoms. The van der Waals surface area contributed by atoms with E-state index in [1.807, 2.05) is 23.1 Å². The first-order valence-corrected chi connectivity index (χ1v) is 10.1. The number of benzene rings is 1. The van der Waals surface area contributed by atoms with E-state index in [0.717, 1.165) is 55.6 Å². The van der Waals surface area contributed by atoms with Crippen LogP contribution in [0, 0.1) is 0 Å². The first kappa shape index (κ1) is 18.7. The Morgan fingerprint density at radius 3 is 2.82 bits per heavy atom. The van der Waals surface area contributed by atoms with Crippen LogP contribution in [0.1, 0.15) is 39.0 Å². The van der Waals surface area contributed by atoms with E-state index in [2.05, 4.69) is 26.3 Å². The van der Waals surface area contributed by atoms with E-state index < -0.39 is 0 Å². The average molecular weight is 381 g/mol. The van der Waals surface area contributed by atoms with Gasteiger partial charge in [-0.2, -0.15) is 0 Å². The van der Waals surface area contributed by atoms with Crippen LogP contribution in [0.25, 0.3) is 10.9 Å². The summed E-state index contributed by atoms with van der Waals surface area (Å²) in [5.74, 6) is 1.12. The van der Waals surface area contributed by atoms with Crippen LogP contribution in [0.3, 0.4) is 0 Å². The molecule has 0 aliphatic carbocycles. The molecule has 0 saturated carbocycles. The zero-order chi connectivity index (χ0) is 19.6. The molecule has 3 heterocycles. The number of hydrogen-bond donors (Lipinski definition) is 1. The van der Waals surface area contributed by atoms with Crippen molar-refractivity contribution < 1.29 is 9.59 Å². The molecule has 1 aromatic carbocycles. The Morgan fingerprint density at radius 1 is 1.18 bits per heavy atom. The number of carbonyl (C=O) groups is 2. The van der Waals surface area contributed by atoms with Crippen molar-refractivity contribution in [1.29, 1.82) is 0 Å². The van der Waals surface area contributed by atoms with E-state index in [0.29, 0.717) is 19.4 Å². The van der Waals surface area contributed by atoms with Gasteiger partial charge in [0.25, 0.3) is 0 Å². The van der Waals surface area contributed by atoms with Crippen molar-refractivity contribution in [3.8, 4) is 0 Å². The van der Waals surface area contributed by atoms with Gasteiger partial charge < -0.3 is 15.1 Å². The van der Waals surface area contributed by atoms with Crippen molar-refractivity contribution in [2.45, 2.75) is 44.6 Å². The molecule has 28 heavy (non-hydrogen) atoms. The first-order chi connectivity index (χ1) is 13.6. The molecule has 2 saturated heterocycles. The van der Waals surface area contributed by atoms with Gasteiger partial charge >= 0.3 is 0 Å². The van der Waals surface area contributed by atoms with Gasteiger partial charge in [0.15, 0.2) is 0 Å². The zero-order valence-corrected chi connectivity index (χ0v) is 16.4. The highest BCUT2D eigenvalue weighted by atomic mass is 16.2. The lowest BCUT2D eigenvalue weighted by Crippen LogP contribution is -2.68. The maximum Gasteiger partial charge on any atom is 0.222 e. The van der Waals surface area contributed by atoms with Crippen molar-refractivity contribution in [1.82, 2.24) is 20.2 Å². The molecule has 148 valence electrons. The van der Waals surface area contributed by atoms with Crippen molar-refractivity contribution in [2.24, 2.45) is 0 Å². The number of amides is 2. The summed E-state index contributed by atoms with van der Waals surface area (Å²) in [7, 11) is 0. The molecule has 2 amide bonds. The number of piperidine rings is 1. The lowest BCUT2D eigenvalue weighted by atomic mass is 9.77. The highest BCUT2D eigenvalue weighted by Gasteiger charge is 2.49. The molecule has 1 unspecified atom stereocenters. The minimum atomic E-state index is -0.0495. The standard InChI is InChI=1S/C21H27N5O2/c1-16(27)22-11-4-8-19(28)25-12-5-9-21(14-25)10-13-26(21)20-17-6-2-3-7-18(17)23-15-24-20/h2-3,6-7,15H,4-5,8-14H2,1H3,(H,22,27). The van der Waals surface area contributed by atoms with Crippen molar-refractivity contribution in [2.75, 3.05) is 31.1 Å². The molecule has 7 nitrogen and oxygen atoms in total. The lowest BCUT2D eigenvalue weighted by Gasteiger charge is -2.57. The van der Waals surface area contributed by atoms with Gasteiger partial charge in [0, 0.05) is 44.9 Å². The summed E-state index contributed by atoms with van der Waals surface area (Å²) in [6.07, 6.45) is 5.98. The Balaban J connectivity index is 1.46. The fourth-order valence-electron chi connectivity index (χ4n) is 4.49. The van der Waals surface area contributed by atoms with Gasteiger partial charge in [-0.1, -0.05) is 12.1 Å². The molecule has 0 radical (unpaired) electrons. The van der Waals surface area contributed by atoms with Gasteiger partial charge in [-0.25, -0.2) is 9.97 Å². The largest absolute Gasteiger partial charge is 0.356 e. The molecule has 2 fully saturated rings. The van der Waals surface area contributed by atoms with Crippen LogP contribution in [0.5, 0.6) is 0 Å². The molecule has 1 spiro atoms.